The Morgan fingerprint density at radius 3 is 2.11 bits per heavy atom. The summed E-state index contributed by atoms with van der Waals surface area (Å²) in [6, 6.07) is -0.369. The number of rotatable bonds is 7. The Balaban J connectivity index is 2.95. The van der Waals surface area contributed by atoms with Crippen LogP contribution in [0.25, 0.3) is 11.1 Å². The highest BCUT2D eigenvalue weighted by Crippen LogP contribution is 2.42. The quantitative estimate of drug-likeness (QED) is 0.314. The summed E-state index contributed by atoms with van der Waals surface area (Å²) in [4.78, 5) is 12.2. The summed E-state index contributed by atoms with van der Waals surface area (Å²) in [6.07, 6.45) is -6.01. The standard InChI is InChI=1S/C25H29F6NO3S/c1-8-35-19(33)11-18(32-36(34)24(5,6)7)21-22(27)15(10-16(23(21)28)25(29,30)31)20-12(2)9-17(26)13(3)14(20)4/h9-10,18,32H,8,11H2,1-7H3/t18-,36?/m0/s1. The van der Waals surface area contributed by atoms with Crippen molar-refractivity contribution in [3.8, 4) is 11.1 Å². The molecule has 2 aromatic carbocycles. The van der Waals surface area contributed by atoms with Crippen LogP contribution in [0.15, 0.2) is 12.1 Å². The largest absolute Gasteiger partial charge is 0.466 e. The molecule has 0 aliphatic carbocycles. The maximum atomic E-state index is 16.0. The van der Waals surface area contributed by atoms with Gasteiger partial charge in [-0.25, -0.2) is 22.1 Å². The minimum Gasteiger partial charge on any atom is -0.466 e. The first-order valence-electron chi connectivity index (χ1n) is 11.1. The van der Waals surface area contributed by atoms with Crippen molar-refractivity contribution in [1.82, 2.24) is 4.72 Å². The predicted octanol–water partition coefficient (Wildman–Crippen LogP) is 6.76. The van der Waals surface area contributed by atoms with Crippen LogP contribution < -0.4 is 4.72 Å². The normalized spacial score (nSPS) is 14.0. The third-order valence-corrected chi connectivity index (χ3v) is 7.28. The first-order valence-corrected chi connectivity index (χ1v) is 12.3. The zero-order valence-electron chi connectivity index (χ0n) is 21.0. The summed E-state index contributed by atoms with van der Waals surface area (Å²) in [6.45, 7) is 10.2. The lowest BCUT2D eigenvalue weighted by Crippen LogP contribution is -2.37. The Kier molecular flexibility index (Phi) is 9.05. The number of hydrogen-bond acceptors (Lipinski definition) is 3. The van der Waals surface area contributed by atoms with Gasteiger partial charge in [-0.1, -0.05) is 0 Å². The van der Waals surface area contributed by atoms with E-state index in [9.17, 15) is 26.6 Å². The summed E-state index contributed by atoms with van der Waals surface area (Å²) in [5.74, 6) is -4.91. The highest BCUT2D eigenvalue weighted by molar-refractivity contribution is 7.84. The molecule has 4 nitrogen and oxygen atoms in total. The van der Waals surface area contributed by atoms with Crippen molar-refractivity contribution in [2.75, 3.05) is 6.61 Å². The number of halogens is 6. The van der Waals surface area contributed by atoms with Gasteiger partial charge in [-0.15, -0.1) is 0 Å². The van der Waals surface area contributed by atoms with E-state index in [1.165, 1.54) is 48.5 Å². The summed E-state index contributed by atoms with van der Waals surface area (Å²) < 4.78 is 106. The third kappa shape index (κ3) is 6.29. The van der Waals surface area contributed by atoms with E-state index in [0.717, 1.165) is 6.07 Å². The van der Waals surface area contributed by atoms with Gasteiger partial charge in [0.25, 0.3) is 0 Å². The lowest BCUT2D eigenvalue weighted by atomic mass is 9.88. The predicted molar refractivity (Wildman–Crippen MR) is 126 cm³/mol. The summed E-state index contributed by atoms with van der Waals surface area (Å²) in [5.41, 5.74) is -3.14. The van der Waals surface area contributed by atoms with Crippen LogP contribution in [0.3, 0.4) is 0 Å². The van der Waals surface area contributed by atoms with Crippen LogP contribution in [-0.4, -0.2) is 21.5 Å². The summed E-state index contributed by atoms with van der Waals surface area (Å²) in [5, 5.41) is 0. The molecule has 0 radical (unpaired) electrons. The van der Waals surface area contributed by atoms with Crippen LogP contribution in [-0.2, 0) is 26.7 Å². The van der Waals surface area contributed by atoms with Gasteiger partial charge in [-0.3, -0.25) is 4.79 Å². The number of hydrogen-bond donors (Lipinski definition) is 1. The molecule has 36 heavy (non-hydrogen) atoms. The van der Waals surface area contributed by atoms with Crippen molar-refractivity contribution < 1.29 is 40.1 Å². The van der Waals surface area contributed by atoms with Gasteiger partial charge in [0.2, 0.25) is 0 Å². The minimum atomic E-state index is -5.23. The number of carbonyl (C=O) groups is 1. The van der Waals surface area contributed by atoms with Crippen LogP contribution in [0.1, 0.15) is 68.0 Å². The number of benzene rings is 2. The van der Waals surface area contributed by atoms with Gasteiger partial charge in [0, 0.05) is 11.1 Å². The van der Waals surface area contributed by atoms with Crippen molar-refractivity contribution >= 4 is 17.0 Å². The second kappa shape index (κ2) is 10.9. The molecule has 0 saturated carbocycles. The Morgan fingerprint density at radius 1 is 1.03 bits per heavy atom. The van der Waals surface area contributed by atoms with E-state index in [1.54, 1.807) is 0 Å². The molecule has 200 valence electrons. The molecular weight excluding hydrogens is 508 g/mol. The van der Waals surface area contributed by atoms with Crippen molar-refractivity contribution in [3.05, 3.63) is 57.4 Å². The van der Waals surface area contributed by atoms with E-state index < -0.39 is 74.5 Å². The Labute approximate surface area is 209 Å². The van der Waals surface area contributed by atoms with Crippen LogP contribution in [0, 0.1) is 38.2 Å². The second-order valence-corrected chi connectivity index (χ2v) is 11.4. The average Bonchev–Trinajstić information content (AvgIpc) is 2.72. The van der Waals surface area contributed by atoms with Crippen LogP contribution in [0.5, 0.6) is 0 Å². The molecule has 0 bridgehead atoms. The molecule has 2 aromatic rings. The molecular formula is C25H29F6NO3S. The third-order valence-electron chi connectivity index (χ3n) is 5.67. The molecule has 0 fully saturated rings. The molecule has 0 aromatic heterocycles. The van der Waals surface area contributed by atoms with Gasteiger partial charge in [0.05, 0.1) is 40.4 Å². The molecule has 0 amide bonds. The van der Waals surface area contributed by atoms with Gasteiger partial charge in [0.1, 0.15) is 17.5 Å². The van der Waals surface area contributed by atoms with Gasteiger partial charge in [-0.2, -0.15) is 13.2 Å². The van der Waals surface area contributed by atoms with Gasteiger partial charge < -0.3 is 4.74 Å². The molecule has 1 N–H and O–H groups in total. The first-order chi connectivity index (χ1) is 16.4. The lowest BCUT2D eigenvalue weighted by molar-refractivity contribution is -0.143. The van der Waals surface area contributed by atoms with Crippen molar-refractivity contribution in [2.45, 2.75) is 71.9 Å². The maximum Gasteiger partial charge on any atom is 0.419 e. The smallest absolute Gasteiger partial charge is 0.419 e. The number of alkyl halides is 3. The molecule has 2 atom stereocenters. The number of ether oxygens (including phenoxy) is 1. The van der Waals surface area contributed by atoms with Crippen LogP contribution in [0.4, 0.5) is 26.3 Å². The molecule has 0 aliphatic heterocycles. The van der Waals surface area contributed by atoms with Gasteiger partial charge in [-0.05, 0) is 82.9 Å². The van der Waals surface area contributed by atoms with Gasteiger partial charge >= 0.3 is 12.1 Å². The molecule has 1 unspecified atom stereocenters. The Morgan fingerprint density at radius 2 is 1.61 bits per heavy atom. The van der Waals surface area contributed by atoms with Crippen LogP contribution >= 0.6 is 0 Å². The maximum absolute atomic E-state index is 16.0. The molecule has 0 aliphatic rings. The highest BCUT2D eigenvalue weighted by Gasteiger charge is 2.40. The molecule has 2 rings (SSSR count). The number of aryl methyl sites for hydroxylation is 1. The first kappa shape index (κ1) is 29.8. The van der Waals surface area contributed by atoms with Crippen molar-refractivity contribution in [1.29, 1.82) is 0 Å². The fourth-order valence-electron chi connectivity index (χ4n) is 3.69. The fourth-order valence-corrected chi connectivity index (χ4v) is 4.51. The Bertz CT molecular complexity index is 1190. The topological polar surface area (TPSA) is 55.4 Å². The fraction of sp³-hybridized carbons (Fsp3) is 0.480. The Hall–Kier alpha value is -2.40. The van der Waals surface area contributed by atoms with E-state index in [1.807, 2.05) is 0 Å². The summed E-state index contributed by atoms with van der Waals surface area (Å²) >= 11 is 0. The molecule has 11 heteroatoms. The van der Waals surface area contributed by atoms with E-state index >= 15 is 8.78 Å². The average molecular weight is 538 g/mol. The van der Waals surface area contributed by atoms with Crippen molar-refractivity contribution in [2.24, 2.45) is 0 Å². The lowest BCUT2D eigenvalue weighted by Gasteiger charge is -2.27. The van der Waals surface area contributed by atoms with Crippen molar-refractivity contribution in [3.63, 3.8) is 0 Å². The zero-order chi connectivity index (χ0) is 27.7. The zero-order valence-corrected chi connectivity index (χ0v) is 21.9. The molecule has 0 saturated heterocycles. The number of esters is 1. The SMILES string of the molecule is CCOC(=O)C[C@H](NS(=O)C(C)(C)C)c1c(F)c(-c2c(C)cc(F)c(C)c2C)cc(C(F)(F)F)c1F. The second-order valence-electron chi connectivity index (χ2n) is 9.37. The monoisotopic (exact) mass is 537 g/mol. The van der Waals surface area contributed by atoms with E-state index in [2.05, 4.69) is 4.72 Å². The van der Waals surface area contributed by atoms with Gasteiger partial charge in [0.15, 0.2) is 0 Å². The van der Waals surface area contributed by atoms with Crippen LogP contribution in [0.2, 0.25) is 0 Å². The van der Waals surface area contributed by atoms with E-state index in [0.29, 0.717) is 6.07 Å². The number of nitrogens with one attached hydrogen (secondary N) is 1. The molecule has 0 heterocycles. The minimum absolute atomic E-state index is 0.0371. The number of carbonyl (C=O) groups excluding carboxylic acids is 1. The highest BCUT2D eigenvalue weighted by atomic mass is 32.2. The summed E-state index contributed by atoms with van der Waals surface area (Å²) in [7, 11) is -2.02. The van der Waals surface area contributed by atoms with E-state index in [4.69, 9.17) is 4.74 Å². The molecule has 0 spiro atoms. The van der Waals surface area contributed by atoms with E-state index in [-0.39, 0.29) is 28.9 Å².